The summed E-state index contributed by atoms with van der Waals surface area (Å²) in [5.74, 6) is -0.656. The highest BCUT2D eigenvalue weighted by molar-refractivity contribution is 8.16. The van der Waals surface area contributed by atoms with Crippen LogP contribution in [0.3, 0.4) is 0 Å². The molecule has 1 aliphatic rings. The zero-order valence-corrected chi connectivity index (χ0v) is 20.1. The standard InChI is InChI=1S/C29H18Cl2F2S/c30-27-25(19-11-15-23(32)16-12-19)34-26(20-13-17-24(33)18-14-20)28(31)29(27,21-7-3-1-4-8-21)22-9-5-2-6-10-22/h1-18H. The molecule has 0 saturated heterocycles. The highest BCUT2D eigenvalue weighted by atomic mass is 35.5. The lowest BCUT2D eigenvalue weighted by atomic mass is 9.72. The van der Waals surface area contributed by atoms with Crippen molar-refractivity contribution in [2.75, 3.05) is 0 Å². The molecule has 0 fully saturated rings. The van der Waals surface area contributed by atoms with Gasteiger partial charge in [-0.25, -0.2) is 8.78 Å². The van der Waals surface area contributed by atoms with Crippen LogP contribution in [-0.2, 0) is 5.41 Å². The van der Waals surface area contributed by atoms with Crippen LogP contribution in [0, 0.1) is 11.6 Å². The Morgan fingerprint density at radius 2 is 0.853 bits per heavy atom. The van der Waals surface area contributed by atoms with Gasteiger partial charge in [0.2, 0.25) is 0 Å². The molecule has 0 aliphatic carbocycles. The fourth-order valence-corrected chi connectivity index (χ4v) is 6.57. The molecule has 5 rings (SSSR count). The van der Waals surface area contributed by atoms with Crippen LogP contribution in [0.4, 0.5) is 8.78 Å². The molecule has 1 heterocycles. The van der Waals surface area contributed by atoms with Gasteiger partial charge in [0.1, 0.15) is 11.6 Å². The lowest BCUT2D eigenvalue weighted by Gasteiger charge is -2.40. The minimum atomic E-state index is -0.996. The van der Waals surface area contributed by atoms with Crippen LogP contribution in [0.1, 0.15) is 22.3 Å². The van der Waals surface area contributed by atoms with Gasteiger partial charge in [0.25, 0.3) is 0 Å². The molecule has 0 radical (unpaired) electrons. The van der Waals surface area contributed by atoms with E-state index in [-0.39, 0.29) is 11.6 Å². The van der Waals surface area contributed by atoms with E-state index >= 15 is 0 Å². The average molecular weight is 507 g/mol. The Labute approximate surface area is 211 Å². The van der Waals surface area contributed by atoms with Crippen molar-refractivity contribution in [1.29, 1.82) is 0 Å². The smallest absolute Gasteiger partial charge is 0.123 e. The lowest BCUT2D eigenvalue weighted by molar-refractivity contribution is 0.627. The van der Waals surface area contributed by atoms with Gasteiger partial charge in [-0.15, -0.1) is 0 Å². The third-order valence-corrected chi connectivity index (χ3v) is 8.34. The van der Waals surface area contributed by atoms with E-state index in [1.54, 1.807) is 24.3 Å². The van der Waals surface area contributed by atoms with Crippen LogP contribution in [0.15, 0.2) is 119 Å². The maximum atomic E-state index is 13.8. The maximum absolute atomic E-state index is 13.8. The van der Waals surface area contributed by atoms with Gasteiger partial charge < -0.3 is 0 Å². The zero-order chi connectivity index (χ0) is 23.7. The summed E-state index contributed by atoms with van der Waals surface area (Å²) in [4.78, 5) is 1.52. The quantitative estimate of drug-likeness (QED) is 0.265. The first-order chi connectivity index (χ1) is 16.5. The van der Waals surface area contributed by atoms with E-state index in [1.807, 2.05) is 60.7 Å². The van der Waals surface area contributed by atoms with E-state index in [0.717, 1.165) is 32.1 Å². The Morgan fingerprint density at radius 1 is 0.500 bits per heavy atom. The van der Waals surface area contributed by atoms with E-state index in [1.165, 1.54) is 36.0 Å². The van der Waals surface area contributed by atoms with Crippen molar-refractivity contribution >= 4 is 44.8 Å². The lowest BCUT2D eigenvalue weighted by Crippen LogP contribution is -2.32. The third kappa shape index (κ3) is 3.88. The fraction of sp³-hybridized carbons (Fsp3) is 0.0345. The molecule has 0 bridgehead atoms. The van der Waals surface area contributed by atoms with E-state index < -0.39 is 5.41 Å². The predicted octanol–water partition coefficient (Wildman–Crippen LogP) is 9.21. The molecule has 34 heavy (non-hydrogen) atoms. The van der Waals surface area contributed by atoms with Gasteiger partial charge >= 0.3 is 0 Å². The molecule has 0 nitrogen and oxygen atoms in total. The molecule has 5 heteroatoms. The number of hydrogen-bond donors (Lipinski definition) is 0. The Bertz CT molecular complexity index is 1270. The van der Waals surface area contributed by atoms with Crippen LogP contribution in [0.5, 0.6) is 0 Å². The summed E-state index contributed by atoms with van der Waals surface area (Å²) in [6, 6.07) is 32.2. The van der Waals surface area contributed by atoms with E-state index in [4.69, 9.17) is 23.2 Å². The summed E-state index contributed by atoms with van der Waals surface area (Å²) in [6.45, 7) is 0. The molecule has 0 N–H and O–H groups in total. The molecule has 0 aromatic heterocycles. The van der Waals surface area contributed by atoms with Crippen molar-refractivity contribution in [3.05, 3.63) is 153 Å². The number of rotatable bonds is 4. The van der Waals surface area contributed by atoms with Crippen LogP contribution >= 0.6 is 35.0 Å². The summed E-state index contributed by atoms with van der Waals surface area (Å²) in [7, 11) is 0. The Balaban J connectivity index is 1.88. The van der Waals surface area contributed by atoms with Crippen molar-refractivity contribution in [1.82, 2.24) is 0 Å². The second kappa shape index (κ2) is 9.42. The molecule has 0 amide bonds. The van der Waals surface area contributed by atoms with Crippen LogP contribution in [-0.4, -0.2) is 0 Å². The highest BCUT2D eigenvalue weighted by Gasteiger charge is 2.47. The van der Waals surface area contributed by atoms with Crippen molar-refractivity contribution < 1.29 is 8.78 Å². The fourth-order valence-electron chi connectivity index (χ4n) is 4.25. The minimum Gasteiger partial charge on any atom is -0.207 e. The second-order valence-electron chi connectivity index (χ2n) is 7.88. The molecule has 0 spiro atoms. The first-order valence-electron chi connectivity index (χ1n) is 10.6. The van der Waals surface area contributed by atoms with Gasteiger partial charge in [0.05, 0.1) is 15.5 Å². The average Bonchev–Trinajstić information content (AvgIpc) is 2.87. The first kappa shape index (κ1) is 22.9. The zero-order valence-electron chi connectivity index (χ0n) is 17.8. The molecule has 0 atom stereocenters. The Kier molecular flexibility index (Phi) is 6.35. The highest BCUT2D eigenvalue weighted by Crippen LogP contribution is 2.61. The summed E-state index contributed by atoms with van der Waals surface area (Å²) in [6.07, 6.45) is 0. The molecule has 0 unspecified atom stereocenters. The van der Waals surface area contributed by atoms with Crippen LogP contribution in [0.25, 0.3) is 9.81 Å². The van der Waals surface area contributed by atoms with Gasteiger partial charge in [-0.1, -0.05) is 120 Å². The first-order valence-corrected chi connectivity index (χ1v) is 12.2. The molecular weight excluding hydrogens is 489 g/mol. The number of halogens is 4. The van der Waals surface area contributed by atoms with Crippen molar-refractivity contribution in [2.45, 2.75) is 5.41 Å². The van der Waals surface area contributed by atoms with Crippen molar-refractivity contribution in [3.63, 3.8) is 0 Å². The number of thioether (sulfide) groups is 1. The van der Waals surface area contributed by atoms with Crippen LogP contribution in [0.2, 0.25) is 0 Å². The molecular formula is C29H18Cl2F2S. The molecule has 4 aromatic rings. The van der Waals surface area contributed by atoms with Gasteiger partial charge in [0.15, 0.2) is 0 Å². The Morgan fingerprint density at radius 3 is 1.21 bits per heavy atom. The number of benzene rings is 4. The monoisotopic (exact) mass is 506 g/mol. The van der Waals surface area contributed by atoms with Gasteiger partial charge in [-0.3, -0.25) is 0 Å². The van der Waals surface area contributed by atoms with Gasteiger partial charge in [-0.2, -0.15) is 0 Å². The molecule has 168 valence electrons. The van der Waals surface area contributed by atoms with Crippen LogP contribution < -0.4 is 0 Å². The normalized spacial score (nSPS) is 15.5. The van der Waals surface area contributed by atoms with E-state index in [9.17, 15) is 8.78 Å². The summed E-state index contributed by atoms with van der Waals surface area (Å²) in [5.41, 5.74) is 2.35. The summed E-state index contributed by atoms with van der Waals surface area (Å²) in [5, 5.41) is 1.05. The van der Waals surface area contributed by atoms with Crippen molar-refractivity contribution in [2.24, 2.45) is 0 Å². The van der Waals surface area contributed by atoms with E-state index in [2.05, 4.69) is 0 Å². The van der Waals surface area contributed by atoms with Gasteiger partial charge in [-0.05, 0) is 46.5 Å². The summed E-state index contributed by atoms with van der Waals surface area (Å²) < 4.78 is 27.5. The van der Waals surface area contributed by atoms with E-state index in [0.29, 0.717) is 10.1 Å². The number of hydrogen-bond acceptors (Lipinski definition) is 1. The topological polar surface area (TPSA) is 0 Å². The Hall–Kier alpha value is -2.85. The molecule has 0 saturated carbocycles. The van der Waals surface area contributed by atoms with Gasteiger partial charge in [0, 0.05) is 9.81 Å². The predicted molar refractivity (Wildman–Crippen MR) is 140 cm³/mol. The minimum absolute atomic E-state index is 0.328. The number of allylic oxidation sites excluding steroid dienone is 2. The maximum Gasteiger partial charge on any atom is 0.123 e. The largest absolute Gasteiger partial charge is 0.207 e. The molecule has 1 aliphatic heterocycles. The molecule has 4 aromatic carbocycles. The third-order valence-electron chi connectivity index (χ3n) is 5.89. The second-order valence-corrected chi connectivity index (χ2v) is 9.66. The SMILES string of the molecule is Fc1ccc(C2=C(Cl)C(c3ccccc3)(c3ccccc3)C(Cl)=C(c3ccc(F)cc3)S2)cc1. The summed E-state index contributed by atoms with van der Waals surface area (Å²) >= 11 is 16.0. The van der Waals surface area contributed by atoms with Crippen molar-refractivity contribution in [3.8, 4) is 0 Å².